The van der Waals surface area contributed by atoms with Crippen molar-refractivity contribution in [3.8, 4) is 5.75 Å². The summed E-state index contributed by atoms with van der Waals surface area (Å²) in [7, 11) is -7.79. The Balaban J connectivity index is 1.60. The number of nitrogens with one attached hydrogen (secondary N) is 1. The molecule has 0 spiro atoms. The second kappa shape index (κ2) is 8.43. The van der Waals surface area contributed by atoms with E-state index in [-0.39, 0.29) is 36.3 Å². The van der Waals surface area contributed by atoms with Gasteiger partial charge in [0.2, 0.25) is 10.0 Å². The van der Waals surface area contributed by atoms with E-state index in [2.05, 4.69) is 4.72 Å². The summed E-state index contributed by atoms with van der Waals surface area (Å²) in [6, 6.07) is 6.86. The third kappa shape index (κ3) is 3.65. The zero-order valence-corrected chi connectivity index (χ0v) is 20.5. The van der Waals surface area contributed by atoms with E-state index in [0.717, 1.165) is 18.6 Å². The number of halogens is 3. The Morgan fingerprint density at radius 1 is 0.971 bits per heavy atom. The van der Waals surface area contributed by atoms with Gasteiger partial charge in [0.15, 0.2) is 21.4 Å². The van der Waals surface area contributed by atoms with Gasteiger partial charge < -0.3 is 4.74 Å². The monoisotopic (exact) mass is 531 g/mol. The smallest absolute Gasteiger partial charge is 0.214 e. The molecule has 1 aliphatic heterocycles. The minimum absolute atomic E-state index is 0.0630. The van der Waals surface area contributed by atoms with E-state index >= 15 is 4.39 Å². The highest BCUT2D eigenvalue weighted by molar-refractivity contribution is 7.92. The number of hydrogen-bond acceptors (Lipinski definition) is 5. The van der Waals surface area contributed by atoms with Crippen LogP contribution in [0, 0.1) is 17.6 Å². The van der Waals surface area contributed by atoms with E-state index in [0.29, 0.717) is 17.9 Å². The molecular formula is C23H24ClF2NO5S2. The lowest BCUT2D eigenvalue weighted by Gasteiger charge is -2.49. The van der Waals surface area contributed by atoms with E-state index in [1.807, 2.05) is 0 Å². The first-order chi connectivity index (χ1) is 16.1. The van der Waals surface area contributed by atoms with Crippen molar-refractivity contribution in [3.05, 3.63) is 58.6 Å². The van der Waals surface area contributed by atoms with Crippen LogP contribution in [0.1, 0.15) is 44.1 Å². The van der Waals surface area contributed by atoms with Gasteiger partial charge >= 0.3 is 0 Å². The quantitative estimate of drug-likeness (QED) is 0.620. The second-order valence-corrected chi connectivity index (χ2v) is 13.9. The maximum absolute atomic E-state index is 15.3. The van der Waals surface area contributed by atoms with E-state index < -0.39 is 59.2 Å². The Morgan fingerprint density at radius 2 is 1.65 bits per heavy atom. The summed E-state index contributed by atoms with van der Waals surface area (Å²) in [4.78, 5) is -0.0630. The summed E-state index contributed by atoms with van der Waals surface area (Å²) in [6.07, 6.45) is 2.25. The second-order valence-electron chi connectivity index (χ2n) is 9.28. The normalized spacial score (nSPS) is 27.3. The molecule has 2 fully saturated rings. The Labute approximate surface area is 202 Å². The van der Waals surface area contributed by atoms with Crippen molar-refractivity contribution in [2.45, 2.75) is 59.5 Å². The molecule has 11 heteroatoms. The molecule has 1 unspecified atom stereocenters. The maximum atomic E-state index is 15.3. The van der Waals surface area contributed by atoms with Crippen molar-refractivity contribution < 1.29 is 30.4 Å². The standard InChI is InChI=1S/C23H24ClF2NO5S2/c24-15-4-6-17(7-5-15)33(28,29)23-11-10-16(27-34(30,31)18-2-1-3-18)12-14(23)13-32-22-20(26)9-8-19(25)21(22)23/h4-9,14,16,18,27H,1-3,10-13H2/t14?,16-,23+/m1/s1. The molecule has 2 aromatic carbocycles. The summed E-state index contributed by atoms with van der Waals surface area (Å²) < 4.78 is 90.0. The van der Waals surface area contributed by atoms with Crippen molar-refractivity contribution in [1.29, 1.82) is 0 Å². The zero-order chi connectivity index (χ0) is 24.3. The van der Waals surface area contributed by atoms with Gasteiger partial charge in [-0.15, -0.1) is 0 Å². The van der Waals surface area contributed by atoms with E-state index in [9.17, 15) is 21.2 Å². The van der Waals surface area contributed by atoms with Gasteiger partial charge in [-0.2, -0.15) is 0 Å². The largest absolute Gasteiger partial charge is 0.490 e. The number of rotatable bonds is 5. The summed E-state index contributed by atoms with van der Waals surface area (Å²) >= 11 is 5.94. The predicted molar refractivity (Wildman–Crippen MR) is 123 cm³/mol. The minimum Gasteiger partial charge on any atom is -0.490 e. The highest BCUT2D eigenvalue weighted by atomic mass is 35.5. The van der Waals surface area contributed by atoms with Crippen molar-refractivity contribution in [3.63, 3.8) is 0 Å². The summed E-state index contributed by atoms with van der Waals surface area (Å²) in [5.74, 6) is -2.90. The summed E-state index contributed by atoms with van der Waals surface area (Å²) in [5.41, 5.74) is -0.320. The molecule has 3 atom stereocenters. The molecule has 1 heterocycles. The highest BCUT2D eigenvalue weighted by Gasteiger charge is 2.60. The number of fused-ring (bicyclic) bond motifs is 3. The number of ether oxygens (including phenoxy) is 1. The predicted octanol–water partition coefficient (Wildman–Crippen LogP) is 4.32. The lowest BCUT2D eigenvalue weighted by atomic mass is 9.71. The van der Waals surface area contributed by atoms with Crippen molar-refractivity contribution in [2.75, 3.05) is 6.61 Å². The van der Waals surface area contributed by atoms with Gasteiger partial charge in [0.1, 0.15) is 10.6 Å². The van der Waals surface area contributed by atoms with Gasteiger partial charge in [0.05, 0.1) is 22.3 Å². The molecule has 2 aromatic rings. The van der Waals surface area contributed by atoms with Crippen LogP contribution in [0.25, 0.3) is 0 Å². The van der Waals surface area contributed by atoms with Crippen LogP contribution in [0.4, 0.5) is 8.78 Å². The number of hydrogen-bond donors (Lipinski definition) is 1. The molecule has 0 saturated heterocycles. The van der Waals surface area contributed by atoms with E-state index in [1.54, 1.807) is 0 Å². The van der Waals surface area contributed by atoms with E-state index in [1.165, 1.54) is 24.3 Å². The molecule has 34 heavy (non-hydrogen) atoms. The number of sulfone groups is 1. The fraction of sp³-hybridized carbons (Fsp3) is 0.478. The van der Waals surface area contributed by atoms with Gasteiger partial charge in [-0.3, -0.25) is 0 Å². The average Bonchev–Trinajstić information content (AvgIpc) is 2.74. The molecule has 1 N–H and O–H groups in total. The molecule has 2 saturated carbocycles. The first-order valence-electron chi connectivity index (χ1n) is 11.2. The topological polar surface area (TPSA) is 89.5 Å². The van der Waals surface area contributed by atoms with Crippen LogP contribution < -0.4 is 9.46 Å². The molecule has 5 rings (SSSR count). The van der Waals surface area contributed by atoms with Crippen LogP contribution >= 0.6 is 11.6 Å². The van der Waals surface area contributed by atoms with Crippen molar-refractivity contribution in [1.82, 2.24) is 4.72 Å². The Hall–Kier alpha value is -1.75. The average molecular weight is 532 g/mol. The molecule has 3 aliphatic rings. The molecular weight excluding hydrogens is 508 g/mol. The maximum Gasteiger partial charge on any atom is 0.214 e. The Morgan fingerprint density at radius 3 is 2.29 bits per heavy atom. The van der Waals surface area contributed by atoms with Gasteiger partial charge in [-0.25, -0.2) is 30.3 Å². The fourth-order valence-corrected chi connectivity index (χ4v) is 9.77. The minimum atomic E-state index is -4.25. The van der Waals surface area contributed by atoms with E-state index in [4.69, 9.17) is 16.3 Å². The lowest BCUT2D eigenvalue weighted by Crippen LogP contribution is -2.56. The van der Waals surface area contributed by atoms with Crippen LogP contribution in [-0.2, 0) is 24.6 Å². The Kier molecular flexibility index (Phi) is 5.94. The first kappa shape index (κ1) is 24.0. The number of sulfonamides is 1. The molecule has 2 aliphatic carbocycles. The van der Waals surface area contributed by atoms with Crippen molar-refractivity contribution >= 4 is 31.5 Å². The molecule has 0 aromatic heterocycles. The van der Waals surface area contributed by atoms with Crippen LogP contribution in [0.15, 0.2) is 41.3 Å². The van der Waals surface area contributed by atoms with Crippen LogP contribution in [0.5, 0.6) is 5.75 Å². The highest BCUT2D eigenvalue weighted by Crippen LogP contribution is 2.56. The molecule has 6 nitrogen and oxygen atoms in total. The molecule has 184 valence electrons. The third-order valence-corrected chi connectivity index (χ3v) is 12.3. The SMILES string of the molecule is O=S(=O)(N[C@@H]1CC[C@@]2(S(=O)(=O)c3ccc(Cl)cc3)c3c(F)ccc(F)c3OCC2C1)C1CCC1. The van der Waals surface area contributed by atoms with Gasteiger partial charge in [0, 0.05) is 17.0 Å². The molecule has 0 bridgehead atoms. The summed E-state index contributed by atoms with van der Waals surface area (Å²) in [6.45, 7) is -0.179. The van der Waals surface area contributed by atoms with Gasteiger partial charge in [-0.1, -0.05) is 18.0 Å². The zero-order valence-electron chi connectivity index (χ0n) is 18.1. The van der Waals surface area contributed by atoms with Gasteiger partial charge in [-0.05, 0) is 68.5 Å². The number of benzene rings is 2. The van der Waals surface area contributed by atoms with Crippen molar-refractivity contribution in [2.24, 2.45) is 5.92 Å². The molecule has 0 amide bonds. The Bertz CT molecular complexity index is 1330. The molecule has 0 radical (unpaired) electrons. The van der Waals surface area contributed by atoms with Crippen LogP contribution in [0.2, 0.25) is 5.02 Å². The first-order valence-corrected chi connectivity index (χ1v) is 14.6. The fourth-order valence-electron chi connectivity index (χ4n) is 5.46. The van der Waals surface area contributed by atoms with Crippen LogP contribution in [-0.4, -0.2) is 34.7 Å². The van der Waals surface area contributed by atoms with Gasteiger partial charge in [0.25, 0.3) is 0 Å². The van der Waals surface area contributed by atoms with Crippen LogP contribution in [0.3, 0.4) is 0 Å². The summed E-state index contributed by atoms with van der Waals surface area (Å²) in [5, 5.41) is -0.0985. The third-order valence-electron chi connectivity index (χ3n) is 7.43. The lowest BCUT2D eigenvalue weighted by molar-refractivity contribution is 0.112.